The van der Waals surface area contributed by atoms with E-state index in [1.807, 2.05) is 31.2 Å². The Hall–Kier alpha value is -3.85. The summed E-state index contributed by atoms with van der Waals surface area (Å²) in [5.41, 5.74) is 2.42. The van der Waals surface area contributed by atoms with Crippen molar-refractivity contribution in [3.05, 3.63) is 80.7 Å². The quantitative estimate of drug-likeness (QED) is 0.334. The van der Waals surface area contributed by atoms with Gasteiger partial charge in [0.05, 0.1) is 12.3 Å². The third-order valence-electron chi connectivity index (χ3n) is 5.22. The molecule has 1 amide bonds. The van der Waals surface area contributed by atoms with Crippen molar-refractivity contribution in [2.24, 2.45) is 0 Å². The summed E-state index contributed by atoms with van der Waals surface area (Å²) in [7, 11) is 0. The first kappa shape index (κ1) is 23.3. The summed E-state index contributed by atoms with van der Waals surface area (Å²) >= 11 is 5.92. The lowest BCUT2D eigenvalue weighted by Crippen LogP contribution is -2.23. The van der Waals surface area contributed by atoms with Crippen LogP contribution in [-0.2, 0) is 17.8 Å². The molecule has 3 N–H and O–H groups in total. The summed E-state index contributed by atoms with van der Waals surface area (Å²) < 4.78 is 6.69. The second kappa shape index (κ2) is 10.4. The van der Waals surface area contributed by atoms with E-state index in [4.69, 9.17) is 16.3 Å². The lowest BCUT2D eigenvalue weighted by molar-refractivity contribution is -0.116. The molecule has 4 rings (SSSR count). The number of nitrogens with one attached hydrogen (secondary N) is 3. The van der Waals surface area contributed by atoms with Gasteiger partial charge in [0, 0.05) is 29.2 Å². The van der Waals surface area contributed by atoms with Gasteiger partial charge in [-0.1, -0.05) is 23.7 Å². The van der Waals surface area contributed by atoms with Crippen molar-refractivity contribution in [1.82, 2.24) is 19.6 Å². The Morgan fingerprint density at radius 2 is 1.85 bits per heavy atom. The van der Waals surface area contributed by atoms with Gasteiger partial charge in [-0.05, 0) is 62.2 Å². The lowest BCUT2D eigenvalue weighted by atomic mass is 10.1. The number of aromatic amines is 1. The van der Waals surface area contributed by atoms with Gasteiger partial charge in [0.1, 0.15) is 5.75 Å². The molecule has 0 saturated carbocycles. The van der Waals surface area contributed by atoms with Gasteiger partial charge in [-0.25, -0.2) is 4.98 Å². The van der Waals surface area contributed by atoms with Crippen LogP contribution in [0, 0.1) is 6.92 Å². The van der Waals surface area contributed by atoms with E-state index < -0.39 is 0 Å². The number of amides is 1. The van der Waals surface area contributed by atoms with E-state index >= 15 is 0 Å². The summed E-state index contributed by atoms with van der Waals surface area (Å²) in [6.07, 6.45) is 0.406. The highest BCUT2D eigenvalue weighted by Gasteiger charge is 2.15. The van der Waals surface area contributed by atoms with Gasteiger partial charge < -0.3 is 15.4 Å². The molecule has 0 bridgehead atoms. The number of carbonyl (C=O) groups excluding carboxylic acids is 1. The Kier molecular flexibility index (Phi) is 7.12. The Balaban J connectivity index is 1.41. The van der Waals surface area contributed by atoms with E-state index in [1.54, 1.807) is 31.2 Å². The highest BCUT2D eigenvalue weighted by Crippen LogP contribution is 2.16. The average Bonchev–Trinajstić information content (AvgIpc) is 3.23. The fraction of sp³-hybridized carbons (Fsp3) is 0.250. The zero-order valence-electron chi connectivity index (χ0n) is 18.9. The van der Waals surface area contributed by atoms with E-state index in [-0.39, 0.29) is 30.1 Å². The van der Waals surface area contributed by atoms with Crippen molar-refractivity contribution in [2.75, 3.05) is 17.2 Å². The number of halogens is 1. The first-order valence-electron chi connectivity index (χ1n) is 10.9. The van der Waals surface area contributed by atoms with E-state index in [1.165, 1.54) is 4.52 Å². The van der Waals surface area contributed by atoms with Crippen molar-refractivity contribution >= 4 is 34.9 Å². The maximum Gasteiger partial charge on any atom is 0.277 e. The monoisotopic (exact) mass is 480 g/mol. The first-order chi connectivity index (χ1) is 16.4. The molecule has 9 nitrogen and oxygen atoms in total. The number of H-pyrrole nitrogens is 1. The normalized spacial score (nSPS) is 10.9. The van der Waals surface area contributed by atoms with Crippen LogP contribution >= 0.6 is 11.6 Å². The zero-order chi connectivity index (χ0) is 24.1. The molecule has 10 heteroatoms. The van der Waals surface area contributed by atoms with Crippen LogP contribution in [0.4, 0.5) is 11.6 Å². The fourth-order valence-electron chi connectivity index (χ4n) is 3.47. The minimum absolute atomic E-state index is 0.146. The summed E-state index contributed by atoms with van der Waals surface area (Å²) in [6, 6.07) is 14.6. The number of ether oxygens (including phenoxy) is 1. The third kappa shape index (κ3) is 5.55. The first-order valence-corrected chi connectivity index (χ1v) is 11.3. The Labute approximate surface area is 201 Å². The van der Waals surface area contributed by atoms with E-state index in [2.05, 4.69) is 25.7 Å². The van der Waals surface area contributed by atoms with Crippen molar-refractivity contribution in [2.45, 2.75) is 33.2 Å². The molecular weight excluding hydrogens is 456 g/mol. The standard InChI is InChI=1S/C24H25ClN6O3/c1-3-34-19-10-8-18(9-11-19)28-21(32)13-12-20-15(2)27-24-29-23(30-31(24)22(20)33)26-14-16-4-6-17(25)7-5-16/h4-11H,3,12-14H2,1-2H3,(H,28,32)(H2,26,27,29,30). The van der Waals surface area contributed by atoms with Crippen molar-refractivity contribution in [3.8, 4) is 5.75 Å². The number of rotatable bonds is 9. The molecule has 2 aromatic carbocycles. The summed E-state index contributed by atoms with van der Waals surface area (Å²) in [6.45, 7) is 4.74. The molecule has 2 heterocycles. The maximum absolute atomic E-state index is 13.0. The van der Waals surface area contributed by atoms with Gasteiger partial charge in [-0.2, -0.15) is 9.50 Å². The van der Waals surface area contributed by atoms with Crippen LogP contribution in [-0.4, -0.2) is 32.1 Å². The highest BCUT2D eigenvalue weighted by atomic mass is 35.5. The van der Waals surface area contributed by atoms with Gasteiger partial charge in [0.25, 0.3) is 11.3 Å². The molecular formula is C24H25ClN6O3. The predicted molar refractivity (Wildman–Crippen MR) is 132 cm³/mol. The van der Waals surface area contributed by atoms with Crippen LogP contribution in [0.2, 0.25) is 5.02 Å². The van der Waals surface area contributed by atoms with E-state index in [9.17, 15) is 9.59 Å². The van der Waals surface area contributed by atoms with E-state index in [0.717, 1.165) is 11.3 Å². The molecule has 0 aliphatic carbocycles. The summed E-state index contributed by atoms with van der Waals surface area (Å²) in [5.74, 6) is 1.24. The molecule has 0 unspecified atom stereocenters. The van der Waals surface area contributed by atoms with Crippen LogP contribution in [0.3, 0.4) is 0 Å². The molecule has 2 aromatic heterocycles. The van der Waals surface area contributed by atoms with Gasteiger partial charge in [-0.3, -0.25) is 14.7 Å². The number of hydrogen-bond acceptors (Lipinski definition) is 6. The smallest absolute Gasteiger partial charge is 0.277 e. The molecule has 0 atom stereocenters. The maximum atomic E-state index is 13.0. The Morgan fingerprint density at radius 1 is 1.12 bits per heavy atom. The number of hydrogen-bond donors (Lipinski definition) is 3. The Bertz CT molecular complexity index is 1350. The Morgan fingerprint density at radius 3 is 2.56 bits per heavy atom. The number of aryl methyl sites for hydroxylation is 1. The number of aromatic nitrogens is 4. The summed E-state index contributed by atoms with van der Waals surface area (Å²) in [5, 5.41) is 9.58. The predicted octanol–water partition coefficient (Wildman–Crippen LogP) is 3.96. The second-order valence-corrected chi connectivity index (χ2v) is 8.11. The molecule has 0 fully saturated rings. The molecule has 176 valence electrons. The van der Waals surface area contributed by atoms with Gasteiger partial charge >= 0.3 is 0 Å². The van der Waals surface area contributed by atoms with Crippen LogP contribution in [0.25, 0.3) is 5.78 Å². The average molecular weight is 481 g/mol. The van der Waals surface area contributed by atoms with Gasteiger partial charge in [0.15, 0.2) is 0 Å². The largest absolute Gasteiger partial charge is 0.494 e. The highest BCUT2D eigenvalue weighted by molar-refractivity contribution is 6.30. The molecule has 0 spiro atoms. The number of benzene rings is 2. The van der Waals surface area contributed by atoms with Crippen LogP contribution in [0.15, 0.2) is 53.3 Å². The van der Waals surface area contributed by atoms with Gasteiger partial charge in [0.2, 0.25) is 11.9 Å². The van der Waals surface area contributed by atoms with Gasteiger partial charge in [-0.15, -0.1) is 0 Å². The van der Waals surface area contributed by atoms with E-state index in [0.29, 0.717) is 41.1 Å². The number of carbonyl (C=O) groups is 1. The zero-order valence-corrected chi connectivity index (χ0v) is 19.6. The SMILES string of the molecule is CCOc1ccc(NC(=O)CCc2c(C)nc3nc(NCc4ccc(Cl)cc4)[nH]n3c2=O)cc1. The molecule has 0 saturated heterocycles. The molecule has 0 aliphatic heterocycles. The molecule has 0 radical (unpaired) electrons. The van der Waals surface area contributed by atoms with Crippen molar-refractivity contribution in [1.29, 1.82) is 0 Å². The molecule has 4 aromatic rings. The fourth-order valence-corrected chi connectivity index (χ4v) is 3.60. The molecule has 34 heavy (non-hydrogen) atoms. The van der Waals surface area contributed by atoms with Crippen LogP contribution in [0.1, 0.15) is 30.2 Å². The van der Waals surface area contributed by atoms with Crippen molar-refractivity contribution < 1.29 is 9.53 Å². The lowest BCUT2D eigenvalue weighted by Gasteiger charge is -2.08. The number of anilines is 2. The van der Waals surface area contributed by atoms with Crippen molar-refractivity contribution in [3.63, 3.8) is 0 Å². The number of fused-ring (bicyclic) bond motifs is 1. The van der Waals surface area contributed by atoms with Crippen LogP contribution < -0.4 is 20.9 Å². The van der Waals surface area contributed by atoms with Crippen LogP contribution in [0.5, 0.6) is 5.75 Å². The number of nitrogens with zero attached hydrogens (tertiary/aromatic N) is 3. The second-order valence-electron chi connectivity index (χ2n) is 7.67. The third-order valence-corrected chi connectivity index (χ3v) is 5.47. The minimum atomic E-state index is -0.275. The topological polar surface area (TPSA) is 113 Å². The minimum Gasteiger partial charge on any atom is -0.494 e. The molecule has 0 aliphatic rings. The summed E-state index contributed by atoms with van der Waals surface area (Å²) in [4.78, 5) is 34.2.